The quantitative estimate of drug-likeness (QED) is 0.426. The van der Waals surface area contributed by atoms with E-state index < -0.39 is 0 Å². The zero-order valence-corrected chi connectivity index (χ0v) is 19.4. The molecule has 1 saturated heterocycles. The van der Waals surface area contributed by atoms with Crippen molar-refractivity contribution in [1.82, 2.24) is 24.8 Å². The summed E-state index contributed by atoms with van der Waals surface area (Å²) in [6.07, 6.45) is 14.7. The van der Waals surface area contributed by atoms with Crippen LogP contribution in [0.25, 0.3) is 28.4 Å². The van der Waals surface area contributed by atoms with Crippen LogP contribution >= 0.6 is 0 Å². The SMILES string of the molecule is C/C=C/c1cnc(-c2cccnc2)nc1C1CCN(C(=O)CCc2c[nH]c3ccccc23)CC1. The summed E-state index contributed by atoms with van der Waals surface area (Å²) in [6.45, 7) is 3.53. The summed E-state index contributed by atoms with van der Waals surface area (Å²) in [4.78, 5) is 32.0. The van der Waals surface area contributed by atoms with Crippen LogP contribution in [-0.2, 0) is 11.2 Å². The first-order valence-corrected chi connectivity index (χ1v) is 12.0. The lowest BCUT2D eigenvalue weighted by Crippen LogP contribution is -2.38. The number of aromatic nitrogens is 4. The minimum atomic E-state index is 0.233. The lowest BCUT2D eigenvalue weighted by molar-refractivity contribution is -0.132. The minimum Gasteiger partial charge on any atom is -0.361 e. The highest BCUT2D eigenvalue weighted by Gasteiger charge is 2.26. The molecule has 4 aromatic rings. The van der Waals surface area contributed by atoms with Gasteiger partial charge in [0.1, 0.15) is 0 Å². The number of H-pyrrole nitrogens is 1. The van der Waals surface area contributed by atoms with Crippen LogP contribution in [0, 0.1) is 0 Å². The molecule has 1 fully saturated rings. The van der Waals surface area contributed by atoms with Crippen LogP contribution in [0.3, 0.4) is 0 Å². The van der Waals surface area contributed by atoms with Crippen LogP contribution in [0.2, 0.25) is 0 Å². The van der Waals surface area contributed by atoms with Gasteiger partial charge in [0.25, 0.3) is 0 Å². The Morgan fingerprint density at radius 3 is 2.79 bits per heavy atom. The summed E-state index contributed by atoms with van der Waals surface area (Å²) in [6, 6.07) is 12.1. The first kappa shape index (κ1) is 22.0. The number of piperidine rings is 1. The zero-order valence-electron chi connectivity index (χ0n) is 19.4. The van der Waals surface area contributed by atoms with Gasteiger partial charge in [-0.2, -0.15) is 0 Å². The minimum absolute atomic E-state index is 0.233. The van der Waals surface area contributed by atoms with Crippen LogP contribution in [0.5, 0.6) is 0 Å². The number of hydrogen-bond donors (Lipinski definition) is 1. The van der Waals surface area contributed by atoms with Crippen LogP contribution < -0.4 is 0 Å². The highest BCUT2D eigenvalue weighted by molar-refractivity contribution is 5.84. The second kappa shape index (κ2) is 10.00. The van der Waals surface area contributed by atoms with Gasteiger partial charge in [0, 0.05) is 72.2 Å². The Kier molecular flexibility index (Phi) is 6.47. The molecule has 0 atom stereocenters. The standard InChI is InChI=1S/C28H29N5O/c1-2-6-22-19-31-28(23-7-5-14-29-17-23)32-27(22)20-12-15-33(16-13-20)26(34)11-10-21-18-30-25-9-4-3-8-24(21)25/h2-9,14,17-20,30H,10-13,15-16H2,1H3/b6-2+. The van der Waals surface area contributed by atoms with Crippen LogP contribution in [0.1, 0.15) is 48.9 Å². The number of carbonyl (C=O) groups excluding carboxylic acids is 1. The summed E-state index contributed by atoms with van der Waals surface area (Å²) in [5.41, 5.74) is 5.37. The van der Waals surface area contributed by atoms with Crippen molar-refractivity contribution in [2.45, 2.75) is 38.5 Å². The number of fused-ring (bicyclic) bond motifs is 1. The molecule has 4 heterocycles. The van der Waals surface area contributed by atoms with Crippen molar-refractivity contribution in [3.8, 4) is 11.4 Å². The van der Waals surface area contributed by atoms with E-state index in [0.717, 1.165) is 54.7 Å². The van der Waals surface area contributed by atoms with Crippen LogP contribution in [0.4, 0.5) is 0 Å². The monoisotopic (exact) mass is 451 g/mol. The van der Waals surface area contributed by atoms with Gasteiger partial charge < -0.3 is 9.88 Å². The summed E-state index contributed by atoms with van der Waals surface area (Å²) in [5, 5.41) is 1.21. The molecule has 0 unspecified atom stereocenters. The second-order valence-corrected chi connectivity index (χ2v) is 8.79. The van der Waals surface area contributed by atoms with Crippen LogP contribution in [0.15, 0.2) is 67.3 Å². The highest BCUT2D eigenvalue weighted by atomic mass is 16.2. The molecule has 1 amide bonds. The third kappa shape index (κ3) is 4.62. The van der Waals surface area contributed by atoms with Gasteiger partial charge in [0.05, 0.1) is 5.69 Å². The smallest absolute Gasteiger partial charge is 0.222 e. The fourth-order valence-corrected chi connectivity index (χ4v) is 4.81. The van der Waals surface area contributed by atoms with E-state index in [4.69, 9.17) is 4.98 Å². The Morgan fingerprint density at radius 1 is 1.15 bits per heavy atom. The van der Waals surface area contributed by atoms with E-state index in [1.807, 2.05) is 54.6 Å². The number of aromatic amines is 1. The van der Waals surface area contributed by atoms with E-state index in [-0.39, 0.29) is 5.91 Å². The Morgan fingerprint density at radius 2 is 2.00 bits per heavy atom. The average molecular weight is 452 g/mol. The number of likely N-dealkylation sites (tertiary alicyclic amines) is 1. The number of aryl methyl sites for hydroxylation is 1. The molecule has 5 rings (SSSR count). The number of amides is 1. The molecule has 1 aromatic carbocycles. The maximum absolute atomic E-state index is 13.0. The summed E-state index contributed by atoms with van der Waals surface area (Å²) in [5.74, 6) is 1.24. The maximum atomic E-state index is 13.0. The van der Waals surface area contributed by atoms with Gasteiger partial charge >= 0.3 is 0 Å². The second-order valence-electron chi connectivity index (χ2n) is 8.79. The van der Waals surface area contributed by atoms with Gasteiger partial charge in [-0.15, -0.1) is 0 Å². The Hall–Kier alpha value is -3.80. The largest absolute Gasteiger partial charge is 0.361 e. The lowest BCUT2D eigenvalue weighted by Gasteiger charge is -2.32. The third-order valence-electron chi connectivity index (χ3n) is 6.63. The summed E-state index contributed by atoms with van der Waals surface area (Å²) in [7, 11) is 0. The number of hydrogen-bond acceptors (Lipinski definition) is 4. The molecule has 0 bridgehead atoms. The number of para-hydroxylation sites is 1. The molecule has 6 nitrogen and oxygen atoms in total. The van der Waals surface area contributed by atoms with Crippen molar-refractivity contribution in [3.63, 3.8) is 0 Å². The number of allylic oxidation sites excluding steroid dienone is 1. The molecule has 0 radical (unpaired) electrons. The van der Waals surface area contributed by atoms with Gasteiger partial charge in [0.15, 0.2) is 5.82 Å². The molecule has 1 aliphatic rings. The summed E-state index contributed by atoms with van der Waals surface area (Å²) >= 11 is 0. The number of benzene rings is 1. The van der Waals surface area contributed by atoms with E-state index >= 15 is 0 Å². The van der Waals surface area contributed by atoms with Gasteiger partial charge in [0.2, 0.25) is 5.91 Å². The van der Waals surface area contributed by atoms with Gasteiger partial charge in [-0.3, -0.25) is 9.78 Å². The first-order valence-electron chi connectivity index (χ1n) is 12.0. The first-order chi connectivity index (χ1) is 16.7. The van der Waals surface area contributed by atoms with Gasteiger partial charge in [-0.1, -0.05) is 30.4 Å². The molecular formula is C28H29N5O. The topological polar surface area (TPSA) is 74.8 Å². The van der Waals surface area contributed by atoms with E-state index in [1.165, 1.54) is 10.9 Å². The molecule has 34 heavy (non-hydrogen) atoms. The molecule has 1 N–H and O–H groups in total. The van der Waals surface area contributed by atoms with Crippen molar-refractivity contribution in [3.05, 3.63) is 84.1 Å². The fourth-order valence-electron chi connectivity index (χ4n) is 4.81. The Labute approximate surface area is 199 Å². The van der Waals surface area contributed by atoms with Crippen molar-refractivity contribution in [1.29, 1.82) is 0 Å². The van der Waals surface area contributed by atoms with Crippen molar-refractivity contribution >= 4 is 22.9 Å². The fraction of sp³-hybridized carbons (Fsp3) is 0.286. The van der Waals surface area contributed by atoms with E-state index in [9.17, 15) is 4.79 Å². The number of nitrogens with one attached hydrogen (secondary N) is 1. The highest BCUT2D eigenvalue weighted by Crippen LogP contribution is 2.31. The molecule has 172 valence electrons. The van der Waals surface area contributed by atoms with Crippen molar-refractivity contribution in [2.75, 3.05) is 13.1 Å². The molecule has 3 aromatic heterocycles. The third-order valence-corrected chi connectivity index (χ3v) is 6.63. The predicted octanol–water partition coefficient (Wildman–Crippen LogP) is 5.39. The van der Waals surface area contributed by atoms with E-state index in [0.29, 0.717) is 18.2 Å². The number of nitrogens with zero attached hydrogens (tertiary/aromatic N) is 4. The number of rotatable bonds is 6. The lowest BCUT2D eigenvalue weighted by atomic mass is 9.90. The zero-order chi connectivity index (χ0) is 23.3. The van der Waals surface area contributed by atoms with Gasteiger partial charge in [-0.25, -0.2) is 9.97 Å². The molecule has 0 aliphatic carbocycles. The Balaban J connectivity index is 1.25. The predicted molar refractivity (Wildman–Crippen MR) is 135 cm³/mol. The molecule has 6 heteroatoms. The maximum Gasteiger partial charge on any atom is 0.222 e. The van der Waals surface area contributed by atoms with Crippen molar-refractivity contribution in [2.24, 2.45) is 0 Å². The summed E-state index contributed by atoms with van der Waals surface area (Å²) < 4.78 is 0. The molecule has 0 saturated carbocycles. The molecule has 0 spiro atoms. The number of pyridine rings is 1. The van der Waals surface area contributed by atoms with E-state index in [2.05, 4.69) is 33.2 Å². The van der Waals surface area contributed by atoms with Gasteiger partial charge in [-0.05, 0) is 49.9 Å². The van der Waals surface area contributed by atoms with Crippen molar-refractivity contribution < 1.29 is 4.79 Å². The molecular weight excluding hydrogens is 422 g/mol. The average Bonchev–Trinajstić information content (AvgIpc) is 3.31. The normalized spacial score (nSPS) is 14.8. The Bertz CT molecular complexity index is 1300. The van der Waals surface area contributed by atoms with Crippen LogP contribution in [-0.4, -0.2) is 43.8 Å². The molecule has 1 aliphatic heterocycles. The van der Waals surface area contributed by atoms with E-state index in [1.54, 1.807) is 12.4 Å². The number of carbonyl (C=O) groups is 1.